The van der Waals surface area contributed by atoms with Gasteiger partial charge in [0.15, 0.2) is 0 Å². The minimum Gasteiger partial charge on any atom is -0.497 e. The van der Waals surface area contributed by atoms with Gasteiger partial charge < -0.3 is 14.2 Å². The molecule has 3 nitrogen and oxygen atoms in total. The molecule has 3 heteroatoms. The van der Waals surface area contributed by atoms with Gasteiger partial charge in [-0.1, -0.05) is 37.3 Å². The van der Waals surface area contributed by atoms with Crippen LogP contribution in [-0.2, 0) is 11.3 Å². The van der Waals surface area contributed by atoms with E-state index in [2.05, 4.69) is 25.1 Å². The number of rotatable bonds is 5. The van der Waals surface area contributed by atoms with Gasteiger partial charge in [0.1, 0.15) is 11.5 Å². The van der Waals surface area contributed by atoms with Gasteiger partial charge in [-0.05, 0) is 42.3 Å². The average Bonchev–Trinajstić information content (AvgIpc) is 2.90. The number of methoxy groups -OCH3 is 1. The standard InChI is InChI=1S/C20H22O3/c1-4-5-15-8-11-19-18(12-15)14(2)20(23-19)22-13-16-6-9-17(21-3)10-7-16/h4-12,14,20H,13H2,1-3H3/b5-4+/t14-,20+/m0/s1. The Balaban J connectivity index is 1.65. The molecule has 0 radical (unpaired) electrons. The lowest BCUT2D eigenvalue weighted by Crippen LogP contribution is -2.20. The summed E-state index contributed by atoms with van der Waals surface area (Å²) < 4.78 is 17.1. The summed E-state index contributed by atoms with van der Waals surface area (Å²) >= 11 is 0. The third kappa shape index (κ3) is 3.40. The summed E-state index contributed by atoms with van der Waals surface area (Å²) in [6.45, 7) is 4.69. The quantitative estimate of drug-likeness (QED) is 0.796. The first kappa shape index (κ1) is 15.6. The molecular weight excluding hydrogens is 288 g/mol. The summed E-state index contributed by atoms with van der Waals surface area (Å²) in [7, 11) is 1.67. The molecule has 0 saturated heterocycles. The van der Waals surface area contributed by atoms with Crippen LogP contribution in [-0.4, -0.2) is 13.4 Å². The zero-order valence-corrected chi connectivity index (χ0v) is 13.8. The van der Waals surface area contributed by atoms with E-state index in [1.54, 1.807) is 7.11 Å². The Hall–Kier alpha value is -2.26. The minimum atomic E-state index is -0.243. The highest BCUT2D eigenvalue weighted by molar-refractivity contribution is 5.55. The molecule has 0 aliphatic carbocycles. The van der Waals surface area contributed by atoms with Crippen molar-refractivity contribution in [2.75, 3.05) is 7.11 Å². The molecule has 0 amide bonds. The second kappa shape index (κ2) is 6.88. The molecular formula is C20H22O3. The number of allylic oxidation sites excluding steroid dienone is 1. The number of hydrogen-bond donors (Lipinski definition) is 0. The number of fused-ring (bicyclic) bond motifs is 1. The highest BCUT2D eigenvalue weighted by Gasteiger charge is 2.31. The predicted molar refractivity (Wildman–Crippen MR) is 91.8 cm³/mol. The van der Waals surface area contributed by atoms with Crippen molar-refractivity contribution in [3.63, 3.8) is 0 Å². The Morgan fingerprint density at radius 2 is 1.91 bits per heavy atom. The first-order chi connectivity index (χ1) is 11.2. The third-order valence-electron chi connectivity index (χ3n) is 4.11. The van der Waals surface area contributed by atoms with Crippen LogP contribution >= 0.6 is 0 Å². The molecule has 0 unspecified atom stereocenters. The molecule has 0 bridgehead atoms. The zero-order valence-electron chi connectivity index (χ0n) is 13.8. The molecule has 2 atom stereocenters. The van der Waals surface area contributed by atoms with Gasteiger partial charge in [0.05, 0.1) is 13.7 Å². The Labute approximate surface area is 137 Å². The van der Waals surface area contributed by atoms with Crippen molar-refractivity contribution in [2.24, 2.45) is 0 Å². The van der Waals surface area contributed by atoms with Crippen LogP contribution in [0.5, 0.6) is 11.5 Å². The van der Waals surface area contributed by atoms with Crippen molar-refractivity contribution in [3.05, 3.63) is 65.2 Å². The average molecular weight is 310 g/mol. The van der Waals surface area contributed by atoms with Gasteiger partial charge in [-0.25, -0.2) is 0 Å². The molecule has 1 aliphatic rings. The second-order valence-corrected chi connectivity index (χ2v) is 5.73. The third-order valence-corrected chi connectivity index (χ3v) is 4.11. The molecule has 1 heterocycles. The van der Waals surface area contributed by atoms with Crippen LogP contribution in [0.1, 0.15) is 36.5 Å². The normalized spacial score (nSPS) is 19.6. The SMILES string of the molecule is C/C=C/c1ccc2c(c1)[C@H](C)[C@H](OCc1ccc(OC)cc1)O2. The first-order valence-corrected chi connectivity index (χ1v) is 7.89. The summed E-state index contributed by atoms with van der Waals surface area (Å²) in [5.41, 5.74) is 3.50. The predicted octanol–water partition coefficient (Wildman–Crippen LogP) is 4.77. The largest absolute Gasteiger partial charge is 0.497 e. The van der Waals surface area contributed by atoms with Crippen LogP contribution in [0, 0.1) is 0 Å². The molecule has 2 aromatic rings. The van der Waals surface area contributed by atoms with E-state index in [1.807, 2.05) is 43.3 Å². The molecule has 23 heavy (non-hydrogen) atoms. The van der Waals surface area contributed by atoms with Gasteiger partial charge in [0.25, 0.3) is 0 Å². The fourth-order valence-corrected chi connectivity index (χ4v) is 2.78. The van der Waals surface area contributed by atoms with E-state index < -0.39 is 0 Å². The molecule has 0 N–H and O–H groups in total. The molecule has 1 aliphatic heterocycles. The number of hydrogen-bond acceptors (Lipinski definition) is 3. The van der Waals surface area contributed by atoms with Crippen molar-refractivity contribution >= 4 is 6.08 Å². The Bertz CT molecular complexity index is 689. The van der Waals surface area contributed by atoms with Crippen molar-refractivity contribution < 1.29 is 14.2 Å². The maximum atomic E-state index is 5.98. The van der Waals surface area contributed by atoms with Crippen molar-refractivity contribution in [1.82, 2.24) is 0 Å². The number of benzene rings is 2. The molecule has 0 aromatic heterocycles. The van der Waals surface area contributed by atoms with E-state index in [0.717, 1.165) is 17.1 Å². The van der Waals surface area contributed by atoms with Crippen molar-refractivity contribution in [2.45, 2.75) is 32.7 Å². The van der Waals surface area contributed by atoms with Crippen LogP contribution in [0.2, 0.25) is 0 Å². The molecule has 0 fully saturated rings. The number of ether oxygens (including phenoxy) is 3. The minimum absolute atomic E-state index is 0.216. The van der Waals surface area contributed by atoms with Gasteiger partial charge in [-0.3, -0.25) is 0 Å². The molecule has 0 spiro atoms. The molecule has 0 saturated carbocycles. The van der Waals surface area contributed by atoms with E-state index in [1.165, 1.54) is 11.1 Å². The van der Waals surface area contributed by atoms with E-state index in [-0.39, 0.29) is 12.2 Å². The Kier molecular flexibility index (Phi) is 4.68. The Morgan fingerprint density at radius 3 is 2.61 bits per heavy atom. The smallest absolute Gasteiger partial charge is 0.206 e. The van der Waals surface area contributed by atoms with E-state index >= 15 is 0 Å². The fraction of sp³-hybridized carbons (Fsp3) is 0.300. The summed E-state index contributed by atoms with van der Waals surface area (Å²) in [5.74, 6) is 1.99. The highest BCUT2D eigenvalue weighted by atomic mass is 16.7. The van der Waals surface area contributed by atoms with E-state index in [4.69, 9.17) is 14.2 Å². The maximum absolute atomic E-state index is 5.98. The van der Waals surface area contributed by atoms with Crippen molar-refractivity contribution in [3.8, 4) is 11.5 Å². The van der Waals surface area contributed by atoms with Crippen LogP contribution in [0.15, 0.2) is 48.5 Å². The van der Waals surface area contributed by atoms with Gasteiger partial charge in [0.2, 0.25) is 6.29 Å². The lowest BCUT2D eigenvalue weighted by atomic mass is 10.00. The van der Waals surface area contributed by atoms with Crippen molar-refractivity contribution in [1.29, 1.82) is 0 Å². The monoisotopic (exact) mass is 310 g/mol. The van der Waals surface area contributed by atoms with Gasteiger partial charge >= 0.3 is 0 Å². The van der Waals surface area contributed by atoms with E-state index in [9.17, 15) is 0 Å². The summed E-state index contributed by atoms with van der Waals surface area (Å²) in [6.07, 6.45) is 3.89. The fourth-order valence-electron chi connectivity index (χ4n) is 2.78. The highest BCUT2D eigenvalue weighted by Crippen LogP contribution is 2.39. The topological polar surface area (TPSA) is 27.7 Å². The summed E-state index contributed by atoms with van der Waals surface area (Å²) in [5, 5.41) is 0. The Morgan fingerprint density at radius 1 is 1.13 bits per heavy atom. The molecule has 120 valence electrons. The van der Waals surface area contributed by atoms with Crippen LogP contribution in [0.3, 0.4) is 0 Å². The van der Waals surface area contributed by atoms with Gasteiger partial charge in [0, 0.05) is 11.5 Å². The van der Waals surface area contributed by atoms with Crippen LogP contribution < -0.4 is 9.47 Å². The van der Waals surface area contributed by atoms with Gasteiger partial charge in [-0.15, -0.1) is 0 Å². The zero-order chi connectivity index (χ0) is 16.2. The lowest BCUT2D eigenvalue weighted by Gasteiger charge is -2.16. The lowest BCUT2D eigenvalue weighted by molar-refractivity contribution is -0.0875. The first-order valence-electron chi connectivity index (χ1n) is 7.89. The molecule has 2 aromatic carbocycles. The van der Waals surface area contributed by atoms with E-state index in [0.29, 0.717) is 6.61 Å². The van der Waals surface area contributed by atoms with Crippen LogP contribution in [0.4, 0.5) is 0 Å². The van der Waals surface area contributed by atoms with Gasteiger partial charge in [-0.2, -0.15) is 0 Å². The second-order valence-electron chi connectivity index (χ2n) is 5.73. The summed E-state index contributed by atoms with van der Waals surface area (Å²) in [6, 6.07) is 14.2. The maximum Gasteiger partial charge on any atom is 0.206 e. The summed E-state index contributed by atoms with van der Waals surface area (Å²) in [4.78, 5) is 0. The van der Waals surface area contributed by atoms with Crippen LogP contribution in [0.25, 0.3) is 6.08 Å². The molecule has 3 rings (SSSR count).